The average Bonchev–Trinajstić information content (AvgIpc) is 2.43. The van der Waals surface area contributed by atoms with Crippen molar-refractivity contribution in [2.24, 2.45) is 11.3 Å². The van der Waals surface area contributed by atoms with E-state index in [4.69, 9.17) is 4.74 Å². The molecule has 0 amide bonds. The Balaban J connectivity index is 1.79. The van der Waals surface area contributed by atoms with Gasteiger partial charge in [-0.2, -0.15) is 0 Å². The zero-order valence-electron chi connectivity index (χ0n) is 12.0. The van der Waals surface area contributed by atoms with Crippen molar-refractivity contribution in [3.63, 3.8) is 0 Å². The first-order chi connectivity index (χ1) is 8.69. The molecule has 2 aliphatic heterocycles. The van der Waals surface area contributed by atoms with Crippen molar-refractivity contribution < 1.29 is 9.84 Å². The molecule has 2 fully saturated rings. The van der Waals surface area contributed by atoms with E-state index in [-0.39, 0.29) is 6.10 Å². The Kier molecular flexibility index (Phi) is 5.05. The minimum atomic E-state index is -0.150. The molecule has 0 radical (unpaired) electrons. The van der Waals surface area contributed by atoms with Crippen LogP contribution in [0.2, 0.25) is 0 Å². The summed E-state index contributed by atoms with van der Waals surface area (Å²) >= 11 is 0. The average molecular weight is 255 g/mol. The second kappa shape index (κ2) is 6.36. The van der Waals surface area contributed by atoms with E-state index in [9.17, 15) is 5.11 Å². The molecule has 2 atom stereocenters. The molecule has 2 heterocycles. The smallest absolute Gasteiger partial charge is 0.0624 e. The van der Waals surface area contributed by atoms with Crippen molar-refractivity contribution in [3.8, 4) is 0 Å². The Morgan fingerprint density at radius 3 is 2.44 bits per heavy atom. The second-order valence-electron chi connectivity index (χ2n) is 6.20. The fourth-order valence-corrected chi connectivity index (χ4v) is 3.46. The number of hydrogen-bond acceptors (Lipinski definition) is 3. The number of rotatable bonds is 4. The van der Waals surface area contributed by atoms with Crippen LogP contribution in [0.4, 0.5) is 0 Å². The van der Waals surface area contributed by atoms with E-state index in [0.29, 0.717) is 11.3 Å². The zero-order chi connectivity index (χ0) is 13.0. The molecule has 3 heteroatoms. The van der Waals surface area contributed by atoms with Gasteiger partial charge in [0.15, 0.2) is 0 Å². The molecule has 2 unspecified atom stereocenters. The highest BCUT2D eigenvalue weighted by Gasteiger charge is 2.33. The Bertz CT molecular complexity index is 243. The normalized spacial score (nSPS) is 33.5. The molecule has 2 rings (SSSR count). The summed E-state index contributed by atoms with van der Waals surface area (Å²) in [6.07, 6.45) is 5.93. The highest BCUT2D eigenvalue weighted by atomic mass is 16.5. The van der Waals surface area contributed by atoms with E-state index in [0.717, 1.165) is 26.2 Å². The number of piperidine rings is 1. The lowest BCUT2D eigenvalue weighted by molar-refractivity contribution is -0.0521. The predicted molar refractivity (Wildman–Crippen MR) is 73.6 cm³/mol. The summed E-state index contributed by atoms with van der Waals surface area (Å²) in [5.41, 5.74) is 0.595. The number of hydrogen-bond donors (Lipinski definition) is 1. The summed E-state index contributed by atoms with van der Waals surface area (Å²) in [6, 6.07) is 0. The van der Waals surface area contributed by atoms with E-state index in [1.54, 1.807) is 0 Å². The molecular weight excluding hydrogens is 226 g/mol. The molecule has 18 heavy (non-hydrogen) atoms. The summed E-state index contributed by atoms with van der Waals surface area (Å²) in [7, 11) is 0. The molecule has 0 saturated carbocycles. The maximum Gasteiger partial charge on any atom is 0.0624 e. The Labute approximate surface area is 112 Å². The standard InChI is InChI=1S/C15H29NO2/c1-3-15(4-2)6-8-16(9-7-15)11-13-12-18-10-5-14(13)17/h13-14,17H,3-12H2,1-2H3. The molecule has 0 aliphatic carbocycles. The Hall–Kier alpha value is -0.120. The number of aliphatic hydroxyl groups excluding tert-OH is 1. The van der Waals surface area contributed by atoms with Crippen molar-refractivity contribution in [1.82, 2.24) is 4.90 Å². The molecule has 1 N–H and O–H groups in total. The van der Waals surface area contributed by atoms with Crippen molar-refractivity contribution in [3.05, 3.63) is 0 Å². The molecule has 0 spiro atoms. The zero-order valence-corrected chi connectivity index (χ0v) is 12.0. The Morgan fingerprint density at radius 1 is 1.22 bits per heavy atom. The Morgan fingerprint density at radius 2 is 1.89 bits per heavy atom. The molecule has 106 valence electrons. The van der Waals surface area contributed by atoms with Gasteiger partial charge >= 0.3 is 0 Å². The van der Waals surface area contributed by atoms with Crippen LogP contribution in [0, 0.1) is 11.3 Å². The van der Waals surface area contributed by atoms with Gasteiger partial charge in [-0.25, -0.2) is 0 Å². The molecule has 3 nitrogen and oxygen atoms in total. The van der Waals surface area contributed by atoms with Crippen LogP contribution in [0.25, 0.3) is 0 Å². The molecule has 0 aromatic heterocycles. The van der Waals surface area contributed by atoms with Crippen molar-refractivity contribution in [2.45, 2.75) is 52.1 Å². The van der Waals surface area contributed by atoms with Gasteiger partial charge in [0.2, 0.25) is 0 Å². The van der Waals surface area contributed by atoms with Crippen LogP contribution >= 0.6 is 0 Å². The largest absolute Gasteiger partial charge is 0.393 e. The van der Waals surface area contributed by atoms with Gasteiger partial charge in [0.1, 0.15) is 0 Å². The van der Waals surface area contributed by atoms with Crippen LogP contribution in [-0.2, 0) is 4.74 Å². The van der Waals surface area contributed by atoms with Gasteiger partial charge in [-0.3, -0.25) is 0 Å². The van der Waals surface area contributed by atoms with Crippen molar-refractivity contribution in [2.75, 3.05) is 32.8 Å². The highest BCUT2D eigenvalue weighted by molar-refractivity contribution is 4.86. The summed E-state index contributed by atoms with van der Waals surface area (Å²) in [6.45, 7) is 9.55. The van der Waals surface area contributed by atoms with Crippen LogP contribution in [0.1, 0.15) is 46.0 Å². The predicted octanol–water partition coefficient (Wildman–Crippen LogP) is 2.29. The van der Waals surface area contributed by atoms with E-state index >= 15 is 0 Å². The highest BCUT2D eigenvalue weighted by Crippen LogP contribution is 2.38. The minimum absolute atomic E-state index is 0.150. The maximum absolute atomic E-state index is 9.99. The number of nitrogens with zero attached hydrogens (tertiary/aromatic N) is 1. The number of likely N-dealkylation sites (tertiary alicyclic amines) is 1. The third kappa shape index (κ3) is 3.25. The summed E-state index contributed by atoms with van der Waals surface area (Å²) in [5, 5.41) is 9.99. The maximum atomic E-state index is 9.99. The van der Waals surface area contributed by atoms with Crippen molar-refractivity contribution in [1.29, 1.82) is 0 Å². The fourth-order valence-electron chi connectivity index (χ4n) is 3.46. The van der Waals surface area contributed by atoms with Gasteiger partial charge < -0.3 is 14.7 Å². The van der Waals surface area contributed by atoms with Gasteiger partial charge in [0.05, 0.1) is 12.7 Å². The topological polar surface area (TPSA) is 32.7 Å². The van der Waals surface area contributed by atoms with Crippen molar-refractivity contribution >= 4 is 0 Å². The summed E-state index contributed by atoms with van der Waals surface area (Å²) in [4.78, 5) is 2.53. The van der Waals surface area contributed by atoms with Crippen LogP contribution < -0.4 is 0 Å². The fraction of sp³-hybridized carbons (Fsp3) is 1.00. The molecule has 0 aromatic rings. The lowest BCUT2D eigenvalue weighted by Gasteiger charge is -2.42. The van der Waals surface area contributed by atoms with E-state index in [2.05, 4.69) is 18.7 Å². The summed E-state index contributed by atoms with van der Waals surface area (Å²) < 4.78 is 5.49. The monoisotopic (exact) mass is 255 g/mol. The van der Waals surface area contributed by atoms with Crippen LogP contribution in [0.5, 0.6) is 0 Å². The van der Waals surface area contributed by atoms with Gasteiger partial charge in [-0.1, -0.05) is 26.7 Å². The van der Waals surface area contributed by atoms with Crippen LogP contribution in [0.15, 0.2) is 0 Å². The van der Waals surface area contributed by atoms with E-state index in [1.165, 1.54) is 38.8 Å². The first kappa shape index (κ1) is 14.3. The molecular formula is C15H29NO2. The van der Waals surface area contributed by atoms with Gasteiger partial charge in [-0.15, -0.1) is 0 Å². The van der Waals surface area contributed by atoms with Crippen LogP contribution in [-0.4, -0.2) is 49.0 Å². The van der Waals surface area contributed by atoms with Crippen LogP contribution in [0.3, 0.4) is 0 Å². The number of aliphatic hydroxyl groups is 1. The molecule has 2 saturated heterocycles. The third-order valence-electron chi connectivity index (χ3n) is 5.34. The quantitative estimate of drug-likeness (QED) is 0.836. The van der Waals surface area contributed by atoms with Gasteiger partial charge in [0.25, 0.3) is 0 Å². The first-order valence-electron chi connectivity index (χ1n) is 7.67. The van der Waals surface area contributed by atoms with Gasteiger partial charge in [-0.05, 0) is 37.8 Å². The minimum Gasteiger partial charge on any atom is -0.393 e. The van der Waals surface area contributed by atoms with E-state index in [1.807, 2.05) is 0 Å². The third-order valence-corrected chi connectivity index (χ3v) is 5.34. The second-order valence-corrected chi connectivity index (χ2v) is 6.20. The molecule has 2 aliphatic rings. The molecule has 0 aromatic carbocycles. The SMILES string of the molecule is CCC1(CC)CCN(CC2COCCC2O)CC1. The number of ether oxygens (including phenoxy) is 1. The molecule has 0 bridgehead atoms. The van der Waals surface area contributed by atoms with E-state index < -0.39 is 0 Å². The summed E-state index contributed by atoms with van der Waals surface area (Å²) in [5.74, 6) is 0.328. The lowest BCUT2D eigenvalue weighted by Crippen LogP contribution is -2.46. The lowest BCUT2D eigenvalue weighted by atomic mass is 9.74. The van der Waals surface area contributed by atoms with Gasteiger partial charge in [0, 0.05) is 19.1 Å². The first-order valence-corrected chi connectivity index (χ1v) is 7.67.